The van der Waals surface area contributed by atoms with Crippen LogP contribution < -0.4 is 5.32 Å². The number of aromatic hydroxyl groups is 1. The third kappa shape index (κ3) is 5.44. The minimum absolute atomic E-state index is 0.0943. The Bertz CT molecular complexity index is 737. The van der Waals surface area contributed by atoms with E-state index >= 15 is 0 Å². The first-order chi connectivity index (χ1) is 13.9. The van der Waals surface area contributed by atoms with Gasteiger partial charge in [-0.25, -0.2) is 4.79 Å². The maximum Gasteiger partial charge on any atom is 0.407 e. The zero-order valence-electron chi connectivity index (χ0n) is 19.4. The minimum atomic E-state index is -0.266. The molecule has 0 saturated carbocycles. The van der Waals surface area contributed by atoms with Gasteiger partial charge in [-0.2, -0.15) is 0 Å². The van der Waals surface area contributed by atoms with Gasteiger partial charge in [-0.1, -0.05) is 41.5 Å². The van der Waals surface area contributed by atoms with Crippen LogP contribution in [0.4, 0.5) is 4.79 Å². The number of hydrogen-bond acceptors (Lipinski definition) is 5. The molecule has 6 heteroatoms. The second-order valence-corrected chi connectivity index (χ2v) is 12.0. The Balaban J connectivity index is 1.54. The topological polar surface area (TPSA) is 61.8 Å². The van der Waals surface area contributed by atoms with Crippen molar-refractivity contribution < 1.29 is 14.6 Å². The molecule has 5 nitrogen and oxygen atoms in total. The molecule has 2 aliphatic heterocycles. The molecule has 0 unspecified atom stereocenters. The average Bonchev–Trinajstić information content (AvgIpc) is 3.00. The molecule has 30 heavy (non-hydrogen) atoms. The number of carbonyl (C=O) groups excluding carboxylic acids is 1. The Hall–Kier alpha value is -1.40. The Morgan fingerprint density at radius 2 is 1.67 bits per heavy atom. The second-order valence-electron chi connectivity index (χ2n) is 10.8. The van der Waals surface area contributed by atoms with Crippen LogP contribution in [0.15, 0.2) is 17.0 Å². The molecule has 3 rings (SSSR count). The van der Waals surface area contributed by atoms with E-state index in [4.69, 9.17) is 4.74 Å². The van der Waals surface area contributed by atoms with Crippen LogP contribution in [0.3, 0.4) is 0 Å². The Morgan fingerprint density at radius 3 is 2.13 bits per heavy atom. The summed E-state index contributed by atoms with van der Waals surface area (Å²) in [5.41, 5.74) is 1.60. The largest absolute Gasteiger partial charge is 0.507 e. The molecule has 0 aromatic heterocycles. The molecule has 2 aliphatic rings. The van der Waals surface area contributed by atoms with Crippen molar-refractivity contribution in [3.8, 4) is 5.75 Å². The number of piperidine rings is 1. The molecule has 1 aromatic carbocycles. The second kappa shape index (κ2) is 8.62. The third-order valence-electron chi connectivity index (χ3n) is 6.22. The number of phenols is 1. The van der Waals surface area contributed by atoms with E-state index in [0.29, 0.717) is 12.3 Å². The SMILES string of the molecule is CC(C)(C)c1cc(SCCCN2CCC3(CC2)CNC(=O)O3)cc(C(C)(C)C)c1O. The van der Waals surface area contributed by atoms with E-state index in [-0.39, 0.29) is 22.5 Å². The fourth-order valence-electron chi connectivity index (χ4n) is 4.28. The van der Waals surface area contributed by atoms with Crippen LogP contribution in [0.25, 0.3) is 0 Å². The first kappa shape index (κ1) is 23.3. The zero-order chi connectivity index (χ0) is 22.2. The van der Waals surface area contributed by atoms with Crippen molar-refractivity contribution in [3.63, 3.8) is 0 Å². The van der Waals surface area contributed by atoms with E-state index in [1.807, 2.05) is 11.8 Å². The molecule has 2 N–H and O–H groups in total. The number of benzene rings is 1. The molecule has 1 amide bonds. The summed E-state index contributed by atoms with van der Waals surface area (Å²) >= 11 is 1.88. The Labute approximate surface area is 185 Å². The van der Waals surface area contributed by atoms with Gasteiger partial charge in [-0.05, 0) is 41.7 Å². The van der Waals surface area contributed by atoms with Crippen LogP contribution in [0, 0.1) is 0 Å². The predicted molar refractivity (Wildman–Crippen MR) is 124 cm³/mol. The number of carbonyl (C=O) groups is 1. The number of rotatable bonds is 5. The number of ether oxygens (including phenoxy) is 1. The van der Waals surface area contributed by atoms with Crippen molar-refractivity contribution in [1.82, 2.24) is 10.2 Å². The molecule has 2 heterocycles. The van der Waals surface area contributed by atoms with Gasteiger partial charge in [0, 0.05) is 42.0 Å². The van der Waals surface area contributed by atoms with Crippen molar-refractivity contribution >= 4 is 17.9 Å². The van der Waals surface area contributed by atoms with Crippen LogP contribution in [0.5, 0.6) is 5.75 Å². The maximum atomic E-state index is 11.4. The number of nitrogens with zero attached hydrogens (tertiary/aromatic N) is 1. The lowest BCUT2D eigenvalue weighted by atomic mass is 9.79. The number of thioether (sulfide) groups is 1. The van der Waals surface area contributed by atoms with E-state index in [1.54, 1.807) is 0 Å². The van der Waals surface area contributed by atoms with Crippen LogP contribution >= 0.6 is 11.8 Å². The summed E-state index contributed by atoms with van der Waals surface area (Å²) in [6.07, 6.45) is 2.69. The fourth-order valence-corrected chi connectivity index (χ4v) is 5.19. The molecule has 0 bridgehead atoms. The molecule has 1 spiro atoms. The number of alkyl carbamates (subject to hydrolysis) is 1. The monoisotopic (exact) mass is 434 g/mol. The molecule has 1 aromatic rings. The molecule has 0 aliphatic carbocycles. The quantitative estimate of drug-likeness (QED) is 0.502. The average molecular weight is 435 g/mol. The number of phenolic OH excluding ortho intramolecular Hbond substituents is 1. The number of amides is 1. The summed E-state index contributed by atoms with van der Waals surface area (Å²) in [5, 5.41) is 13.7. The predicted octanol–water partition coefficient (Wildman–Crippen LogP) is 5.04. The van der Waals surface area contributed by atoms with Gasteiger partial charge >= 0.3 is 6.09 Å². The van der Waals surface area contributed by atoms with Crippen molar-refractivity contribution in [2.24, 2.45) is 0 Å². The lowest BCUT2D eigenvalue weighted by molar-refractivity contribution is 0.00106. The minimum Gasteiger partial charge on any atom is -0.507 e. The Kier molecular flexibility index (Phi) is 6.68. The van der Waals surface area contributed by atoms with Gasteiger partial charge in [0.05, 0.1) is 6.54 Å². The Morgan fingerprint density at radius 1 is 1.10 bits per heavy atom. The molecule has 2 fully saturated rings. The lowest BCUT2D eigenvalue weighted by Gasteiger charge is -2.37. The van der Waals surface area contributed by atoms with Crippen LogP contribution in [-0.2, 0) is 15.6 Å². The van der Waals surface area contributed by atoms with Crippen molar-refractivity contribution in [2.45, 2.75) is 82.1 Å². The van der Waals surface area contributed by atoms with Crippen LogP contribution in [0.2, 0.25) is 0 Å². The third-order valence-corrected chi connectivity index (χ3v) is 7.28. The van der Waals surface area contributed by atoms with Crippen LogP contribution in [0.1, 0.15) is 71.9 Å². The zero-order valence-corrected chi connectivity index (χ0v) is 20.2. The summed E-state index contributed by atoms with van der Waals surface area (Å²) in [6.45, 7) is 16.6. The first-order valence-electron chi connectivity index (χ1n) is 11.1. The normalized spacial score (nSPS) is 19.7. The van der Waals surface area contributed by atoms with Gasteiger partial charge in [0.1, 0.15) is 11.4 Å². The standard InChI is InChI=1S/C24H38N2O3S/c1-22(2,3)18-14-17(15-19(20(18)27)23(4,5)6)30-13-7-10-26-11-8-24(9-12-26)16-25-21(28)29-24/h14-15,27H,7-13,16H2,1-6H3,(H,25,28). The van der Waals surface area contributed by atoms with Gasteiger partial charge in [0.25, 0.3) is 0 Å². The number of likely N-dealkylation sites (tertiary alicyclic amines) is 1. The number of hydrogen-bond donors (Lipinski definition) is 2. The summed E-state index contributed by atoms with van der Waals surface area (Å²) < 4.78 is 5.51. The van der Waals surface area contributed by atoms with Gasteiger partial charge < -0.3 is 20.1 Å². The van der Waals surface area contributed by atoms with E-state index < -0.39 is 0 Å². The molecule has 0 radical (unpaired) electrons. The highest BCUT2D eigenvalue weighted by Gasteiger charge is 2.42. The van der Waals surface area contributed by atoms with Crippen LogP contribution in [-0.4, -0.2) is 53.6 Å². The summed E-state index contributed by atoms with van der Waals surface area (Å²) in [7, 11) is 0. The number of nitrogens with one attached hydrogen (secondary N) is 1. The fraction of sp³-hybridized carbons (Fsp3) is 0.708. The maximum absolute atomic E-state index is 11.4. The van der Waals surface area contributed by atoms with Crippen molar-refractivity contribution in [1.29, 1.82) is 0 Å². The van der Waals surface area contributed by atoms with Crippen molar-refractivity contribution in [2.75, 3.05) is 31.9 Å². The highest BCUT2D eigenvalue weighted by Crippen LogP contribution is 2.41. The molecule has 0 atom stereocenters. The summed E-state index contributed by atoms with van der Waals surface area (Å²) in [5.74, 6) is 1.50. The molecule has 168 valence electrons. The van der Waals surface area contributed by atoms with E-state index in [0.717, 1.165) is 55.8 Å². The summed E-state index contributed by atoms with van der Waals surface area (Å²) in [6, 6.07) is 4.34. The first-order valence-corrected chi connectivity index (χ1v) is 12.1. The van der Waals surface area contributed by atoms with E-state index in [9.17, 15) is 9.90 Å². The highest BCUT2D eigenvalue weighted by atomic mass is 32.2. The van der Waals surface area contributed by atoms with E-state index in [1.165, 1.54) is 4.90 Å². The molecule has 2 saturated heterocycles. The van der Waals surface area contributed by atoms with E-state index in [2.05, 4.69) is 63.9 Å². The highest BCUT2D eigenvalue weighted by molar-refractivity contribution is 7.99. The summed E-state index contributed by atoms with van der Waals surface area (Å²) in [4.78, 5) is 15.1. The molecular formula is C24H38N2O3S. The lowest BCUT2D eigenvalue weighted by Crippen LogP contribution is -2.46. The van der Waals surface area contributed by atoms with Gasteiger partial charge in [-0.3, -0.25) is 0 Å². The van der Waals surface area contributed by atoms with Gasteiger partial charge in [-0.15, -0.1) is 11.8 Å². The van der Waals surface area contributed by atoms with Crippen molar-refractivity contribution in [3.05, 3.63) is 23.3 Å². The van der Waals surface area contributed by atoms with Gasteiger partial charge in [0.2, 0.25) is 0 Å². The van der Waals surface area contributed by atoms with Gasteiger partial charge in [0.15, 0.2) is 0 Å². The molecular weight excluding hydrogens is 396 g/mol. The smallest absolute Gasteiger partial charge is 0.407 e.